The highest BCUT2D eigenvalue weighted by atomic mass is 14.1. The first kappa shape index (κ1) is 10.6. The van der Waals surface area contributed by atoms with Crippen LogP contribution in [0.5, 0.6) is 0 Å². The van der Waals surface area contributed by atoms with Crippen molar-refractivity contribution in [3.05, 3.63) is 59.2 Å². The van der Waals surface area contributed by atoms with Crippen molar-refractivity contribution in [2.45, 2.75) is 32.6 Å². The van der Waals surface area contributed by atoms with E-state index in [1.807, 2.05) is 0 Å². The molecular weight excluding hydrogens is 204 g/mol. The minimum absolute atomic E-state index is 1.10. The Kier molecular flexibility index (Phi) is 2.72. The summed E-state index contributed by atoms with van der Waals surface area (Å²) in [5, 5.41) is 2.87. The van der Waals surface area contributed by atoms with Crippen molar-refractivity contribution >= 4 is 10.8 Å². The zero-order chi connectivity index (χ0) is 11.7. The van der Waals surface area contributed by atoms with Gasteiger partial charge in [0.05, 0.1) is 0 Å². The van der Waals surface area contributed by atoms with Crippen LogP contribution in [0.25, 0.3) is 10.8 Å². The van der Waals surface area contributed by atoms with Crippen LogP contribution >= 0.6 is 0 Å². The van der Waals surface area contributed by atoms with Crippen LogP contribution in [0.3, 0.4) is 0 Å². The molecule has 0 bridgehead atoms. The molecule has 0 atom stereocenters. The summed E-state index contributed by atoms with van der Waals surface area (Å²) < 4.78 is 0. The molecule has 0 nitrogen and oxygen atoms in total. The van der Waals surface area contributed by atoms with Crippen LogP contribution in [-0.2, 0) is 19.3 Å². The number of hydrogen-bond acceptors (Lipinski definition) is 0. The molecule has 0 fully saturated rings. The summed E-state index contributed by atoms with van der Waals surface area (Å²) in [5.41, 5.74) is 4.53. The highest BCUT2D eigenvalue weighted by Crippen LogP contribution is 2.27. The predicted octanol–water partition coefficient (Wildman–Crippen LogP) is 4.45. The molecule has 1 aliphatic rings. The van der Waals surface area contributed by atoms with Crippen molar-refractivity contribution in [3.8, 4) is 0 Å². The van der Waals surface area contributed by atoms with Gasteiger partial charge < -0.3 is 0 Å². The fourth-order valence-electron chi connectivity index (χ4n) is 2.77. The maximum absolute atomic E-state index is 2.42. The Morgan fingerprint density at radius 2 is 1.76 bits per heavy atom. The number of allylic oxidation sites excluding steroid dienone is 2. The maximum atomic E-state index is 2.42. The van der Waals surface area contributed by atoms with Gasteiger partial charge in [-0.25, -0.2) is 0 Å². The van der Waals surface area contributed by atoms with Gasteiger partial charge in [-0.1, -0.05) is 55.8 Å². The molecule has 0 aromatic heterocycles. The molecule has 0 saturated heterocycles. The number of rotatable bonds is 2. The Morgan fingerprint density at radius 1 is 1.00 bits per heavy atom. The van der Waals surface area contributed by atoms with Crippen LogP contribution in [0.4, 0.5) is 0 Å². The highest BCUT2D eigenvalue weighted by molar-refractivity contribution is 5.87. The minimum Gasteiger partial charge on any atom is -0.0838 e. The van der Waals surface area contributed by atoms with E-state index in [9.17, 15) is 0 Å². The first-order chi connectivity index (χ1) is 8.38. The molecule has 1 aliphatic carbocycles. The topological polar surface area (TPSA) is 0 Å². The molecule has 0 saturated carbocycles. The van der Waals surface area contributed by atoms with Crippen molar-refractivity contribution < 1.29 is 0 Å². The Labute approximate surface area is 103 Å². The lowest BCUT2D eigenvalue weighted by atomic mass is 9.91. The highest BCUT2D eigenvalue weighted by Gasteiger charge is 2.08. The van der Waals surface area contributed by atoms with Gasteiger partial charge in [0.15, 0.2) is 0 Å². The fourth-order valence-corrected chi connectivity index (χ4v) is 2.77. The summed E-state index contributed by atoms with van der Waals surface area (Å²) in [6.45, 7) is 2.25. The maximum Gasteiger partial charge on any atom is -0.00943 e. The molecular formula is C17H18. The number of hydrogen-bond donors (Lipinski definition) is 0. The fraction of sp³-hybridized carbons (Fsp3) is 0.294. The van der Waals surface area contributed by atoms with Crippen molar-refractivity contribution in [2.24, 2.45) is 0 Å². The zero-order valence-electron chi connectivity index (χ0n) is 10.4. The van der Waals surface area contributed by atoms with Gasteiger partial charge in [0.1, 0.15) is 0 Å². The first-order valence-corrected chi connectivity index (χ1v) is 6.57. The third-order valence-electron chi connectivity index (χ3n) is 3.65. The predicted molar refractivity (Wildman–Crippen MR) is 74.5 cm³/mol. The molecule has 3 rings (SSSR count). The molecule has 86 valence electrons. The molecule has 0 unspecified atom stereocenters. The van der Waals surface area contributed by atoms with Gasteiger partial charge in [-0.3, -0.25) is 0 Å². The first-order valence-electron chi connectivity index (χ1n) is 6.57. The zero-order valence-corrected chi connectivity index (χ0v) is 10.4. The smallest absolute Gasteiger partial charge is 0.00943 e. The minimum atomic E-state index is 1.10. The second-order valence-electron chi connectivity index (χ2n) is 4.89. The Hall–Kier alpha value is -1.56. The standard InChI is InChI=1S/C17H18/c1-2-6-13-9-5-10-16-11-14-7-3-4-8-15(14)12-17(13)16/h3-5,9-12H,2,6-8H2,1H3. The van der Waals surface area contributed by atoms with Crippen LogP contribution in [0.1, 0.15) is 30.0 Å². The summed E-state index contributed by atoms with van der Waals surface area (Å²) in [6, 6.07) is 11.5. The summed E-state index contributed by atoms with van der Waals surface area (Å²) in [4.78, 5) is 0. The monoisotopic (exact) mass is 222 g/mol. The third kappa shape index (κ3) is 1.88. The van der Waals surface area contributed by atoms with Crippen LogP contribution in [0.2, 0.25) is 0 Å². The van der Waals surface area contributed by atoms with E-state index in [0.717, 1.165) is 12.8 Å². The van der Waals surface area contributed by atoms with Crippen LogP contribution in [-0.4, -0.2) is 0 Å². The van der Waals surface area contributed by atoms with E-state index in [-0.39, 0.29) is 0 Å². The Bertz CT molecular complexity index is 576. The summed E-state index contributed by atoms with van der Waals surface area (Å²) >= 11 is 0. The van der Waals surface area contributed by atoms with Gasteiger partial charge in [-0.15, -0.1) is 0 Å². The number of benzene rings is 2. The van der Waals surface area contributed by atoms with E-state index in [1.54, 1.807) is 0 Å². The number of fused-ring (bicyclic) bond motifs is 2. The van der Waals surface area contributed by atoms with Crippen molar-refractivity contribution in [3.63, 3.8) is 0 Å². The van der Waals surface area contributed by atoms with E-state index in [0.29, 0.717) is 0 Å². The van der Waals surface area contributed by atoms with Gasteiger partial charge in [0.25, 0.3) is 0 Å². The van der Waals surface area contributed by atoms with E-state index >= 15 is 0 Å². The second kappa shape index (κ2) is 4.37. The molecule has 0 amide bonds. The van der Waals surface area contributed by atoms with Gasteiger partial charge >= 0.3 is 0 Å². The lowest BCUT2D eigenvalue weighted by Gasteiger charge is -2.14. The van der Waals surface area contributed by atoms with Gasteiger partial charge in [-0.2, -0.15) is 0 Å². The van der Waals surface area contributed by atoms with E-state index < -0.39 is 0 Å². The average Bonchev–Trinajstić information content (AvgIpc) is 2.37. The molecule has 2 aromatic carbocycles. The Balaban J connectivity index is 2.20. The normalized spacial score (nSPS) is 13.9. The summed E-state index contributed by atoms with van der Waals surface area (Å²) in [5.74, 6) is 0. The van der Waals surface area contributed by atoms with Crippen molar-refractivity contribution in [2.75, 3.05) is 0 Å². The van der Waals surface area contributed by atoms with Crippen LogP contribution in [0.15, 0.2) is 42.5 Å². The third-order valence-corrected chi connectivity index (χ3v) is 3.65. The molecule has 0 spiro atoms. The second-order valence-corrected chi connectivity index (χ2v) is 4.89. The molecule has 0 N–H and O–H groups in total. The van der Waals surface area contributed by atoms with E-state index in [1.165, 1.54) is 40.3 Å². The van der Waals surface area contributed by atoms with Crippen LogP contribution in [0, 0.1) is 0 Å². The molecule has 0 heterocycles. The molecule has 2 aromatic rings. The van der Waals surface area contributed by atoms with Crippen molar-refractivity contribution in [1.29, 1.82) is 0 Å². The average molecular weight is 222 g/mol. The van der Waals surface area contributed by atoms with Gasteiger partial charge in [0.2, 0.25) is 0 Å². The lowest BCUT2D eigenvalue weighted by molar-refractivity contribution is 0.929. The van der Waals surface area contributed by atoms with Gasteiger partial charge in [-0.05, 0) is 46.7 Å². The van der Waals surface area contributed by atoms with E-state index in [4.69, 9.17) is 0 Å². The van der Waals surface area contributed by atoms with E-state index in [2.05, 4.69) is 49.4 Å². The summed E-state index contributed by atoms with van der Waals surface area (Å²) in [6.07, 6.45) is 9.18. The van der Waals surface area contributed by atoms with Gasteiger partial charge in [0, 0.05) is 0 Å². The molecule has 0 aliphatic heterocycles. The Morgan fingerprint density at radius 3 is 2.53 bits per heavy atom. The largest absolute Gasteiger partial charge is 0.0838 e. The van der Waals surface area contributed by atoms with Crippen LogP contribution < -0.4 is 0 Å². The lowest BCUT2D eigenvalue weighted by Crippen LogP contribution is -1.98. The quantitative estimate of drug-likeness (QED) is 0.659. The SMILES string of the molecule is CCCc1cccc2cc3c(cc12)CC=CC3. The molecule has 0 heteroatoms. The summed E-state index contributed by atoms with van der Waals surface area (Å²) in [7, 11) is 0. The number of aryl methyl sites for hydroxylation is 1. The molecule has 17 heavy (non-hydrogen) atoms. The van der Waals surface area contributed by atoms with Crippen molar-refractivity contribution in [1.82, 2.24) is 0 Å². The molecule has 0 radical (unpaired) electrons.